The lowest BCUT2D eigenvalue weighted by Crippen LogP contribution is -2.64. The first-order valence-electron chi connectivity index (χ1n) is 11.4. The van der Waals surface area contributed by atoms with Gasteiger partial charge in [-0.25, -0.2) is 0 Å². The Morgan fingerprint density at radius 3 is 2.59 bits per heavy atom. The van der Waals surface area contributed by atoms with Crippen molar-refractivity contribution in [3.8, 4) is 5.75 Å². The van der Waals surface area contributed by atoms with Crippen molar-refractivity contribution >= 4 is 34.3 Å². The largest absolute Gasteiger partial charge is 0.497 e. The van der Waals surface area contributed by atoms with Crippen LogP contribution in [0.4, 0.5) is 5.69 Å². The molecule has 2 N–H and O–H groups in total. The Bertz CT molecular complexity index is 1070. The minimum absolute atomic E-state index is 0.117. The Kier molecular flexibility index (Phi) is 5.88. The van der Waals surface area contributed by atoms with Crippen LogP contribution < -0.4 is 15.4 Å². The number of rotatable bonds is 6. The van der Waals surface area contributed by atoms with Crippen molar-refractivity contribution in [1.29, 1.82) is 0 Å². The summed E-state index contributed by atoms with van der Waals surface area (Å²) in [4.78, 5) is 41.0. The third-order valence-corrected chi connectivity index (χ3v) is 6.71. The molecule has 1 saturated carbocycles. The summed E-state index contributed by atoms with van der Waals surface area (Å²) in [5, 5.41) is 6.77. The van der Waals surface area contributed by atoms with Crippen LogP contribution in [0, 0.1) is 0 Å². The van der Waals surface area contributed by atoms with E-state index in [0.29, 0.717) is 30.2 Å². The van der Waals surface area contributed by atoms with Crippen LogP contribution in [0.25, 0.3) is 10.9 Å². The van der Waals surface area contributed by atoms with Crippen molar-refractivity contribution in [2.24, 2.45) is 0 Å². The van der Waals surface area contributed by atoms with Crippen molar-refractivity contribution in [2.45, 2.75) is 71.0 Å². The number of ether oxygens (including phenoxy) is 1. The molecule has 1 aliphatic carbocycles. The van der Waals surface area contributed by atoms with Crippen LogP contribution in [0.5, 0.6) is 5.75 Å². The SMILES string of the molecule is CCCN1C(=O)c2c(NC(C)=O)c3cc(OC)ccc3n2C[C@]1(C)C(=O)NC1CCCC1. The van der Waals surface area contributed by atoms with E-state index < -0.39 is 5.54 Å². The van der Waals surface area contributed by atoms with Crippen LogP contribution in [0.3, 0.4) is 0 Å². The van der Waals surface area contributed by atoms with Crippen LogP contribution in [0.2, 0.25) is 0 Å². The number of nitrogens with one attached hydrogen (secondary N) is 2. The van der Waals surface area contributed by atoms with Gasteiger partial charge in [0.25, 0.3) is 5.91 Å². The first-order valence-corrected chi connectivity index (χ1v) is 11.4. The van der Waals surface area contributed by atoms with Gasteiger partial charge in [0.05, 0.1) is 24.9 Å². The van der Waals surface area contributed by atoms with E-state index in [2.05, 4.69) is 10.6 Å². The molecular formula is C24H32N4O4. The molecule has 0 radical (unpaired) electrons. The Labute approximate surface area is 188 Å². The van der Waals surface area contributed by atoms with E-state index in [1.54, 1.807) is 12.0 Å². The van der Waals surface area contributed by atoms with Gasteiger partial charge in [0.15, 0.2) is 0 Å². The highest BCUT2D eigenvalue weighted by Gasteiger charge is 2.49. The number of anilines is 1. The molecule has 3 amide bonds. The molecule has 1 aromatic heterocycles. The summed E-state index contributed by atoms with van der Waals surface area (Å²) < 4.78 is 7.25. The fourth-order valence-corrected chi connectivity index (χ4v) is 5.07. The smallest absolute Gasteiger partial charge is 0.273 e. The number of hydrogen-bond donors (Lipinski definition) is 2. The molecule has 2 aromatic rings. The molecule has 1 atom stereocenters. The van der Waals surface area contributed by atoms with Crippen LogP contribution in [0.15, 0.2) is 18.2 Å². The molecule has 1 aromatic carbocycles. The van der Waals surface area contributed by atoms with Gasteiger partial charge in [-0.05, 0) is 44.4 Å². The van der Waals surface area contributed by atoms with Gasteiger partial charge in [0, 0.05) is 24.9 Å². The molecule has 2 aliphatic rings. The summed E-state index contributed by atoms with van der Waals surface area (Å²) in [6.45, 7) is 6.03. The summed E-state index contributed by atoms with van der Waals surface area (Å²) >= 11 is 0. The number of nitrogens with zero attached hydrogens (tertiary/aromatic N) is 2. The zero-order chi connectivity index (χ0) is 23.0. The van der Waals surface area contributed by atoms with Gasteiger partial charge >= 0.3 is 0 Å². The zero-order valence-electron chi connectivity index (χ0n) is 19.3. The second-order valence-electron chi connectivity index (χ2n) is 9.06. The number of hydrogen-bond acceptors (Lipinski definition) is 4. The Morgan fingerprint density at radius 2 is 1.97 bits per heavy atom. The number of carbonyl (C=O) groups excluding carboxylic acids is 3. The lowest BCUT2D eigenvalue weighted by molar-refractivity contribution is -0.133. The lowest BCUT2D eigenvalue weighted by atomic mass is 9.93. The first kappa shape index (κ1) is 22.2. The molecular weight excluding hydrogens is 408 g/mol. The number of benzene rings is 1. The van der Waals surface area contributed by atoms with E-state index in [-0.39, 0.29) is 23.8 Å². The molecule has 1 fully saturated rings. The Balaban J connectivity index is 1.85. The topological polar surface area (TPSA) is 92.7 Å². The van der Waals surface area contributed by atoms with Crippen LogP contribution in [-0.4, -0.2) is 52.4 Å². The van der Waals surface area contributed by atoms with Crippen molar-refractivity contribution in [3.63, 3.8) is 0 Å². The molecule has 0 saturated heterocycles. The van der Waals surface area contributed by atoms with Gasteiger partial charge in [-0.15, -0.1) is 0 Å². The molecule has 32 heavy (non-hydrogen) atoms. The molecule has 8 heteroatoms. The van der Waals surface area contributed by atoms with Crippen molar-refractivity contribution in [1.82, 2.24) is 14.8 Å². The third kappa shape index (κ3) is 3.61. The molecule has 2 heterocycles. The number of methoxy groups -OCH3 is 1. The zero-order valence-corrected chi connectivity index (χ0v) is 19.3. The highest BCUT2D eigenvalue weighted by Crippen LogP contribution is 2.40. The number of fused-ring (bicyclic) bond motifs is 3. The summed E-state index contributed by atoms with van der Waals surface area (Å²) in [7, 11) is 1.58. The second kappa shape index (κ2) is 8.48. The van der Waals surface area contributed by atoms with E-state index in [4.69, 9.17) is 4.74 Å². The third-order valence-electron chi connectivity index (χ3n) is 6.71. The molecule has 1 aliphatic heterocycles. The summed E-state index contributed by atoms with van der Waals surface area (Å²) in [6.07, 6.45) is 4.92. The fourth-order valence-electron chi connectivity index (χ4n) is 5.07. The Hall–Kier alpha value is -3.03. The maximum Gasteiger partial charge on any atom is 0.273 e. The van der Waals surface area contributed by atoms with Crippen LogP contribution in [0.1, 0.15) is 63.4 Å². The standard InChI is InChI=1S/C24H32N4O4/c1-5-12-28-22(30)21-20(25-15(2)29)18-13-17(32-4)10-11-19(18)27(21)14-24(28,3)23(31)26-16-8-6-7-9-16/h10-11,13,16H,5-9,12,14H2,1-4H3,(H,25,29)(H,26,31)/t24-/m1/s1. The quantitative estimate of drug-likeness (QED) is 0.721. The summed E-state index contributed by atoms with van der Waals surface area (Å²) in [5.41, 5.74) is 0.634. The average Bonchev–Trinajstić information content (AvgIpc) is 3.37. The highest BCUT2D eigenvalue weighted by atomic mass is 16.5. The van der Waals surface area contributed by atoms with Crippen LogP contribution >= 0.6 is 0 Å². The average molecular weight is 441 g/mol. The van der Waals surface area contributed by atoms with E-state index >= 15 is 0 Å². The molecule has 0 unspecified atom stereocenters. The van der Waals surface area contributed by atoms with Gasteiger partial charge < -0.3 is 24.8 Å². The van der Waals surface area contributed by atoms with Gasteiger partial charge in [-0.3, -0.25) is 14.4 Å². The van der Waals surface area contributed by atoms with Crippen LogP contribution in [-0.2, 0) is 16.1 Å². The predicted octanol–water partition coefficient (Wildman–Crippen LogP) is 3.29. The van der Waals surface area contributed by atoms with Gasteiger partial charge in [0.1, 0.15) is 17.0 Å². The minimum atomic E-state index is -1.03. The van der Waals surface area contributed by atoms with E-state index in [1.807, 2.05) is 36.6 Å². The molecule has 0 spiro atoms. The molecule has 4 rings (SSSR count). The first-order chi connectivity index (χ1) is 15.3. The van der Waals surface area contributed by atoms with E-state index in [9.17, 15) is 14.4 Å². The van der Waals surface area contributed by atoms with Gasteiger partial charge in [-0.2, -0.15) is 0 Å². The number of aromatic nitrogens is 1. The van der Waals surface area contributed by atoms with Crippen molar-refractivity contribution in [3.05, 3.63) is 23.9 Å². The van der Waals surface area contributed by atoms with Gasteiger partial charge in [-0.1, -0.05) is 19.8 Å². The molecule has 172 valence electrons. The summed E-state index contributed by atoms with van der Waals surface area (Å²) in [6, 6.07) is 5.69. The monoisotopic (exact) mass is 440 g/mol. The minimum Gasteiger partial charge on any atom is -0.497 e. The van der Waals surface area contributed by atoms with Gasteiger partial charge in [0.2, 0.25) is 11.8 Å². The molecule has 0 bridgehead atoms. The predicted molar refractivity (Wildman–Crippen MR) is 123 cm³/mol. The second-order valence-corrected chi connectivity index (χ2v) is 9.06. The summed E-state index contributed by atoms with van der Waals surface area (Å²) in [5.74, 6) is 0.00583. The Morgan fingerprint density at radius 1 is 1.25 bits per heavy atom. The lowest BCUT2D eigenvalue weighted by Gasteiger charge is -2.44. The maximum absolute atomic E-state index is 13.8. The van der Waals surface area contributed by atoms with E-state index in [0.717, 1.165) is 43.0 Å². The number of carbonyl (C=O) groups is 3. The molecule has 8 nitrogen and oxygen atoms in total. The van der Waals surface area contributed by atoms with Crippen molar-refractivity contribution in [2.75, 3.05) is 19.0 Å². The highest BCUT2D eigenvalue weighted by molar-refractivity contribution is 6.14. The van der Waals surface area contributed by atoms with E-state index in [1.165, 1.54) is 6.92 Å². The number of amides is 3. The fraction of sp³-hybridized carbons (Fsp3) is 0.542. The normalized spacial score (nSPS) is 21.0. The maximum atomic E-state index is 13.8. The van der Waals surface area contributed by atoms with Crippen molar-refractivity contribution < 1.29 is 19.1 Å².